The first-order chi connectivity index (χ1) is 10.2. The van der Waals surface area contributed by atoms with Crippen LogP contribution in [0.3, 0.4) is 0 Å². The lowest BCUT2D eigenvalue weighted by atomic mass is 10.0. The molecule has 2 N–H and O–H groups in total. The zero-order valence-electron chi connectivity index (χ0n) is 12.2. The van der Waals surface area contributed by atoms with E-state index in [0.717, 1.165) is 25.1 Å². The predicted octanol–water partition coefficient (Wildman–Crippen LogP) is 2.26. The van der Waals surface area contributed by atoms with E-state index < -0.39 is 6.61 Å². The van der Waals surface area contributed by atoms with Crippen LogP contribution in [0.4, 0.5) is 8.78 Å². The van der Waals surface area contributed by atoms with Gasteiger partial charge in [-0.05, 0) is 24.9 Å². The van der Waals surface area contributed by atoms with E-state index in [1.807, 2.05) is 6.07 Å². The molecule has 0 bridgehead atoms. The normalized spacial score (nSPS) is 20.9. The van der Waals surface area contributed by atoms with E-state index in [2.05, 4.69) is 9.64 Å². The summed E-state index contributed by atoms with van der Waals surface area (Å²) in [6.07, 6.45) is 1.03. The van der Waals surface area contributed by atoms with E-state index in [-0.39, 0.29) is 11.8 Å². The van der Waals surface area contributed by atoms with Gasteiger partial charge in [0.1, 0.15) is 5.75 Å². The van der Waals surface area contributed by atoms with Crippen LogP contribution in [0.1, 0.15) is 18.0 Å². The molecule has 2 atom stereocenters. The standard InChI is InChI=1S/C15H22F2N2O2/c1-20-10-11-6-7-19(9-11)13(8-18)12-4-2-3-5-14(12)21-15(16)17/h2-5,11,13,15H,6-10,18H2,1H3. The lowest BCUT2D eigenvalue weighted by Gasteiger charge is -2.28. The van der Waals surface area contributed by atoms with Crippen LogP contribution in [-0.4, -0.2) is 44.9 Å². The molecule has 118 valence electrons. The number of alkyl halides is 2. The maximum Gasteiger partial charge on any atom is 0.387 e. The molecule has 1 aromatic carbocycles. The molecular weight excluding hydrogens is 278 g/mol. The summed E-state index contributed by atoms with van der Waals surface area (Å²) >= 11 is 0. The molecule has 0 saturated carbocycles. The highest BCUT2D eigenvalue weighted by Gasteiger charge is 2.30. The fraction of sp³-hybridized carbons (Fsp3) is 0.600. The number of methoxy groups -OCH3 is 1. The molecule has 2 unspecified atom stereocenters. The zero-order valence-corrected chi connectivity index (χ0v) is 12.2. The Morgan fingerprint density at radius 2 is 2.14 bits per heavy atom. The fourth-order valence-corrected chi connectivity index (χ4v) is 2.95. The molecule has 21 heavy (non-hydrogen) atoms. The van der Waals surface area contributed by atoms with Crippen molar-refractivity contribution < 1.29 is 18.3 Å². The Balaban J connectivity index is 2.14. The molecule has 4 nitrogen and oxygen atoms in total. The minimum absolute atomic E-state index is 0.109. The van der Waals surface area contributed by atoms with Gasteiger partial charge < -0.3 is 15.2 Å². The molecule has 1 aliphatic rings. The van der Waals surface area contributed by atoms with Crippen molar-refractivity contribution >= 4 is 0 Å². The van der Waals surface area contributed by atoms with E-state index in [1.54, 1.807) is 25.3 Å². The summed E-state index contributed by atoms with van der Waals surface area (Å²) < 4.78 is 34.9. The number of hydrogen-bond acceptors (Lipinski definition) is 4. The Bertz CT molecular complexity index is 445. The molecule has 0 amide bonds. The Kier molecular flexibility index (Phi) is 5.90. The minimum Gasteiger partial charge on any atom is -0.434 e. The van der Waals surface area contributed by atoms with Crippen molar-refractivity contribution in [2.45, 2.75) is 19.1 Å². The van der Waals surface area contributed by atoms with Gasteiger partial charge in [0, 0.05) is 25.8 Å². The van der Waals surface area contributed by atoms with Gasteiger partial charge in [0.05, 0.1) is 12.6 Å². The maximum absolute atomic E-state index is 12.5. The van der Waals surface area contributed by atoms with E-state index in [9.17, 15) is 8.78 Å². The van der Waals surface area contributed by atoms with Gasteiger partial charge in [-0.2, -0.15) is 8.78 Å². The average molecular weight is 300 g/mol. The molecule has 0 spiro atoms. The summed E-state index contributed by atoms with van der Waals surface area (Å²) in [6, 6.07) is 6.76. The van der Waals surface area contributed by atoms with Gasteiger partial charge in [-0.15, -0.1) is 0 Å². The van der Waals surface area contributed by atoms with Crippen LogP contribution in [0.25, 0.3) is 0 Å². The second-order valence-electron chi connectivity index (χ2n) is 5.27. The number of rotatable bonds is 7. The summed E-state index contributed by atoms with van der Waals surface area (Å²) in [6.45, 7) is -0.00594. The minimum atomic E-state index is -2.83. The zero-order chi connectivity index (χ0) is 15.2. The molecule has 1 aliphatic heterocycles. The van der Waals surface area contributed by atoms with Gasteiger partial charge in [0.15, 0.2) is 0 Å². The first-order valence-corrected chi connectivity index (χ1v) is 7.12. The van der Waals surface area contributed by atoms with Crippen molar-refractivity contribution in [2.24, 2.45) is 11.7 Å². The van der Waals surface area contributed by atoms with Crippen molar-refractivity contribution in [3.8, 4) is 5.75 Å². The van der Waals surface area contributed by atoms with Gasteiger partial charge in [-0.1, -0.05) is 18.2 Å². The van der Waals surface area contributed by atoms with Crippen LogP contribution in [0.5, 0.6) is 5.75 Å². The molecule has 0 aromatic heterocycles. The maximum atomic E-state index is 12.5. The highest BCUT2D eigenvalue weighted by Crippen LogP contribution is 2.33. The van der Waals surface area contributed by atoms with Crippen molar-refractivity contribution in [1.82, 2.24) is 4.90 Å². The number of benzene rings is 1. The quantitative estimate of drug-likeness (QED) is 0.839. The van der Waals surface area contributed by atoms with E-state index in [1.165, 1.54) is 0 Å². The van der Waals surface area contributed by atoms with Gasteiger partial charge in [0.2, 0.25) is 0 Å². The highest BCUT2D eigenvalue weighted by atomic mass is 19.3. The topological polar surface area (TPSA) is 47.7 Å². The molecule has 6 heteroatoms. The first kappa shape index (κ1) is 16.1. The number of nitrogens with zero attached hydrogens (tertiary/aromatic N) is 1. The molecule has 1 saturated heterocycles. The van der Waals surface area contributed by atoms with Crippen LogP contribution in [0, 0.1) is 5.92 Å². The smallest absolute Gasteiger partial charge is 0.387 e. The number of hydrogen-bond donors (Lipinski definition) is 1. The van der Waals surface area contributed by atoms with Crippen LogP contribution < -0.4 is 10.5 Å². The van der Waals surface area contributed by atoms with E-state index in [0.29, 0.717) is 19.1 Å². The third-order valence-corrected chi connectivity index (χ3v) is 3.88. The van der Waals surface area contributed by atoms with Crippen LogP contribution in [0.2, 0.25) is 0 Å². The van der Waals surface area contributed by atoms with Gasteiger partial charge in [-0.3, -0.25) is 4.90 Å². The van der Waals surface area contributed by atoms with Crippen LogP contribution >= 0.6 is 0 Å². The molecular formula is C15H22F2N2O2. The SMILES string of the molecule is COCC1CCN(C(CN)c2ccccc2OC(F)F)C1. The van der Waals surface area contributed by atoms with Crippen LogP contribution in [0.15, 0.2) is 24.3 Å². The highest BCUT2D eigenvalue weighted by molar-refractivity contribution is 5.36. The van der Waals surface area contributed by atoms with Crippen LogP contribution in [-0.2, 0) is 4.74 Å². The largest absolute Gasteiger partial charge is 0.434 e. The Hall–Kier alpha value is -1.24. The van der Waals surface area contributed by atoms with E-state index in [4.69, 9.17) is 10.5 Å². The first-order valence-electron chi connectivity index (χ1n) is 7.12. The summed E-state index contributed by atoms with van der Waals surface area (Å²) in [4.78, 5) is 2.22. The third kappa shape index (κ3) is 4.12. The number of likely N-dealkylation sites (tertiary alicyclic amines) is 1. The monoisotopic (exact) mass is 300 g/mol. The van der Waals surface area contributed by atoms with Crippen molar-refractivity contribution in [2.75, 3.05) is 33.4 Å². The predicted molar refractivity (Wildman–Crippen MR) is 76.4 cm³/mol. The Labute approximate surface area is 123 Å². The fourth-order valence-electron chi connectivity index (χ4n) is 2.95. The second-order valence-corrected chi connectivity index (χ2v) is 5.27. The summed E-state index contributed by atoms with van der Waals surface area (Å²) in [5, 5.41) is 0. The Morgan fingerprint density at radius 1 is 1.38 bits per heavy atom. The van der Waals surface area contributed by atoms with Gasteiger partial charge in [-0.25, -0.2) is 0 Å². The molecule has 2 rings (SSSR count). The number of ether oxygens (including phenoxy) is 2. The van der Waals surface area contributed by atoms with Crippen molar-refractivity contribution in [3.63, 3.8) is 0 Å². The lowest BCUT2D eigenvalue weighted by molar-refractivity contribution is -0.0511. The Morgan fingerprint density at radius 3 is 2.81 bits per heavy atom. The van der Waals surface area contributed by atoms with Crippen molar-refractivity contribution in [3.05, 3.63) is 29.8 Å². The molecule has 0 radical (unpaired) electrons. The van der Waals surface area contributed by atoms with Gasteiger partial charge in [0.25, 0.3) is 0 Å². The number of halogens is 2. The summed E-state index contributed by atoms with van der Waals surface area (Å²) in [5.74, 6) is 0.672. The van der Waals surface area contributed by atoms with Gasteiger partial charge >= 0.3 is 6.61 Å². The molecule has 1 fully saturated rings. The third-order valence-electron chi connectivity index (χ3n) is 3.88. The molecule has 0 aliphatic carbocycles. The average Bonchev–Trinajstić information content (AvgIpc) is 2.90. The number of para-hydroxylation sites is 1. The summed E-state index contributed by atoms with van der Waals surface area (Å²) in [7, 11) is 1.69. The summed E-state index contributed by atoms with van der Waals surface area (Å²) in [5.41, 5.74) is 6.61. The van der Waals surface area contributed by atoms with E-state index >= 15 is 0 Å². The lowest BCUT2D eigenvalue weighted by Crippen LogP contribution is -2.33. The number of nitrogens with two attached hydrogens (primary N) is 1. The van der Waals surface area contributed by atoms with Crippen molar-refractivity contribution in [1.29, 1.82) is 0 Å². The second kappa shape index (κ2) is 7.68. The molecule has 1 heterocycles. The molecule has 1 aromatic rings.